The minimum absolute atomic E-state index is 0.0680. The van der Waals surface area contributed by atoms with Gasteiger partial charge in [0, 0.05) is 30.4 Å². The molecule has 1 amide bonds. The second kappa shape index (κ2) is 8.32. The quantitative estimate of drug-likeness (QED) is 0.671. The second-order valence-corrected chi connectivity index (χ2v) is 6.92. The molecule has 0 saturated carbocycles. The molecule has 2 rings (SSSR count). The number of halogens is 3. The number of alkyl carbamates (subject to hydrolysis) is 1. The van der Waals surface area contributed by atoms with E-state index < -0.39 is 29.0 Å². The van der Waals surface area contributed by atoms with Crippen LogP contribution in [0.15, 0.2) is 35.1 Å². The average Bonchev–Trinajstić information content (AvgIpc) is 2.57. The van der Waals surface area contributed by atoms with Crippen LogP contribution in [0.25, 0.3) is 11.3 Å². The van der Waals surface area contributed by atoms with Crippen LogP contribution >= 0.6 is 0 Å². The molecule has 10 heteroatoms. The first-order chi connectivity index (χ1) is 13.0. The Hall–Kier alpha value is -3.04. The molecule has 0 spiro atoms. The Morgan fingerprint density at radius 1 is 1.14 bits per heavy atom. The molecule has 0 aliphatic rings. The van der Waals surface area contributed by atoms with E-state index in [2.05, 4.69) is 20.8 Å². The summed E-state index contributed by atoms with van der Waals surface area (Å²) in [6.07, 6.45) is -5.25. The van der Waals surface area contributed by atoms with Gasteiger partial charge in [-0.2, -0.15) is 18.3 Å². The molecule has 1 heterocycles. The fraction of sp³-hybridized carbons (Fsp3) is 0.389. The number of amides is 1. The van der Waals surface area contributed by atoms with Gasteiger partial charge < -0.3 is 15.4 Å². The number of H-pyrrole nitrogens is 1. The summed E-state index contributed by atoms with van der Waals surface area (Å²) in [6, 6.07) is 6.21. The third-order valence-corrected chi connectivity index (χ3v) is 3.41. The zero-order valence-electron chi connectivity index (χ0n) is 15.6. The first-order valence-corrected chi connectivity index (χ1v) is 8.44. The van der Waals surface area contributed by atoms with E-state index in [1.165, 1.54) is 24.3 Å². The molecule has 152 valence electrons. The maximum absolute atomic E-state index is 13.4. The number of benzene rings is 1. The lowest BCUT2D eigenvalue weighted by atomic mass is 10.1. The predicted octanol–water partition coefficient (Wildman–Crippen LogP) is 3.39. The van der Waals surface area contributed by atoms with Crippen LogP contribution in [0, 0.1) is 0 Å². The van der Waals surface area contributed by atoms with Crippen molar-refractivity contribution in [3.63, 3.8) is 0 Å². The summed E-state index contributed by atoms with van der Waals surface area (Å²) in [4.78, 5) is 22.6. The number of carbonyl (C=O) groups is 1. The van der Waals surface area contributed by atoms with Gasteiger partial charge in [-0.05, 0) is 39.0 Å². The number of hydrogen-bond acceptors (Lipinski definition) is 5. The summed E-state index contributed by atoms with van der Waals surface area (Å²) in [6.45, 7) is 5.27. The van der Waals surface area contributed by atoms with Crippen molar-refractivity contribution in [1.82, 2.24) is 15.5 Å². The monoisotopic (exact) mass is 398 g/mol. The van der Waals surface area contributed by atoms with Gasteiger partial charge in [0.25, 0.3) is 5.56 Å². The normalized spacial score (nSPS) is 11.8. The lowest BCUT2D eigenvalue weighted by Crippen LogP contribution is -2.35. The van der Waals surface area contributed by atoms with Gasteiger partial charge in [-0.15, -0.1) is 0 Å². The molecule has 0 aliphatic carbocycles. The molecular weight excluding hydrogens is 377 g/mol. The molecule has 0 saturated heterocycles. The Labute approximate surface area is 159 Å². The summed E-state index contributed by atoms with van der Waals surface area (Å²) in [7, 11) is 0. The van der Waals surface area contributed by atoms with Crippen molar-refractivity contribution in [2.24, 2.45) is 0 Å². The van der Waals surface area contributed by atoms with E-state index in [0.29, 0.717) is 0 Å². The number of nitrogens with zero attached hydrogens (tertiary/aromatic N) is 1. The number of rotatable bonds is 5. The fourth-order valence-electron chi connectivity index (χ4n) is 2.27. The summed E-state index contributed by atoms with van der Waals surface area (Å²) in [5, 5.41) is 11.0. The lowest BCUT2D eigenvalue weighted by Gasteiger charge is -2.20. The van der Waals surface area contributed by atoms with Crippen molar-refractivity contribution >= 4 is 11.8 Å². The number of anilines is 1. The first-order valence-electron chi connectivity index (χ1n) is 8.44. The zero-order valence-corrected chi connectivity index (χ0v) is 15.6. The van der Waals surface area contributed by atoms with Gasteiger partial charge in [-0.3, -0.25) is 4.79 Å². The maximum atomic E-state index is 13.4. The predicted molar refractivity (Wildman–Crippen MR) is 98.0 cm³/mol. The molecule has 0 fully saturated rings. The first kappa shape index (κ1) is 21.3. The van der Waals surface area contributed by atoms with Crippen molar-refractivity contribution in [3.05, 3.63) is 46.2 Å². The van der Waals surface area contributed by atoms with Gasteiger partial charge in [-0.1, -0.05) is 6.07 Å². The van der Waals surface area contributed by atoms with Crippen molar-refractivity contribution in [1.29, 1.82) is 0 Å². The van der Waals surface area contributed by atoms with Crippen LogP contribution in [0.4, 0.5) is 23.7 Å². The number of ether oxygens (including phenoxy) is 1. The van der Waals surface area contributed by atoms with Crippen LogP contribution in [-0.2, 0) is 10.9 Å². The summed E-state index contributed by atoms with van der Waals surface area (Å²) >= 11 is 0. The Balaban J connectivity index is 2.08. The summed E-state index contributed by atoms with van der Waals surface area (Å²) in [5.41, 5.74) is -1.70. The largest absolute Gasteiger partial charge is 0.444 e. The van der Waals surface area contributed by atoms with Crippen LogP contribution in [0.1, 0.15) is 26.3 Å². The highest BCUT2D eigenvalue weighted by atomic mass is 19.4. The third-order valence-electron chi connectivity index (χ3n) is 3.41. The highest BCUT2D eigenvalue weighted by Gasteiger charge is 2.34. The number of alkyl halides is 3. The van der Waals surface area contributed by atoms with Crippen molar-refractivity contribution in [3.8, 4) is 11.3 Å². The van der Waals surface area contributed by atoms with E-state index in [1.54, 1.807) is 20.8 Å². The van der Waals surface area contributed by atoms with E-state index >= 15 is 0 Å². The number of carbonyl (C=O) groups excluding carboxylic acids is 1. The lowest BCUT2D eigenvalue weighted by molar-refractivity contribution is -0.136. The van der Waals surface area contributed by atoms with Gasteiger partial charge in [-0.25, -0.2) is 9.89 Å². The molecule has 1 aromatic heterocycles. The van der Waals surface area contributed by atoms with Gasteiger partial charge in [0.2, 0.25) is 0 Å². The van der Waals surface area contributed by atoms with Gasteiger partial charge >= 0.3 is 12.3 Å². The topological polar surface area (TPSA) is 96.1 Å². The van der Waals surface area contributed by atoms with E-state index in [1.807, 2.05) is 0 Å². The van der Waals surface area contributed by atoms with Crippen LogP contribution in [0.2, 0.25) is 0 Å². The molecule has 1 aromatic carbocycles. The Bertz CT molecular complexity index is 868. The molecule has 0 unspecified atom stereocenters. The van der Waals surface area contributed by atoms with Crippen LogP contribution in [0.5, 0.6) is 0 Å². The molecule has 2 aromatic rings. The van der Waals surface area contributed by atoms with E-state index in [-0.39, 0.29) is 30.0 Å². The molecule has 7 nitrogen and oxygen atoms in total. The molecule has 0 radical (unpaired) electrons. The number of nitrogens with one attached hydrogen (secondary N) is 3. The molecule has 0 bridgehead atoms. The van der Waals surface area contributed by atoms with E-state index in [9.17, 15) is 22.8 Å². The number of aromatic amines is 1. The Morgan fingerprint density at radius 3 is 2.43 bits per heavy atom. The SMILES string of the molecule is CC(C)(C)OC(=O)NCCNc1ccc(-c2ccc(=O)[nH]n2)cc1C(F)(F)F. The molecule has 3 N–H and O–H groups in total. The van der Waals surface area contributed by atoms with Crippen molar-refractivity contribution in [2.75, 3.05) is 18.4 Å². The fourth-order valence-corrected chi connectivity index (χ4v) is 2.27. The smallest absolute Gasteiger partial charge is 0.418 e. The molecular formula is C18H21F3N4O3. The standard InChI is InChI=1S/C18H21F3N4O3/c1-17(2,3)28-16(27)23-9-8-22-14-5-4-11(10-12(14)18(19,20)21)13-6-7-15(26)25-24-13/h4-7,10,22H,8-9H2,1-3H3,(H,23,27)(H,25,26). The van der Waals surface area contributed by atoms with Crippen LogP contribution in [0.3, 0.4) is 0 Å². The van der Waals surface area contributed by atoms with E-state index in [4.69, 9.17) is 4.74 Å². The minimum Gasteiger partial charge on any atom is -0.444 e. The number of hydrogen-bond donors (Lipinski definition) is 3. The van der Waals surface area contributed by atoms with Crippen molar-refractivity contribution in [2.45, 2.75) is 32.5 Å². The van der Waals surface area contributed by atoms with Crippen molar-refractivity contribution < 1.29 is 22.7 Å². The van der Waals surface area contributed by atoms with Crippen LogP contribution in [-0.4, -0.2) is 35.0 Å². The summed E-state index contributed by atoms with van der Waals surface area (Å²) in [5.74, 6) is 0. The number of aromatic nitrogens is 2. The van der Waals surface area contributed by atoms with E-state index in [0.717, 1.165) is 6.07 Å². The zero-order chi connectivity index (χ0) is 20.9. The Kier molecular flexibility index (Phi) is 6.32. The van der Waals surface area contributed by atoms with Gasteiger partial charge in [0.1, 0.15) is 5.60 Å². The molecule has 0 aliphatic heterocycles. The maximum Gasteiger partial charge on any atom is 0.418 e. The second-order valence-electron chi connectivity index (χ2n) is 6.92. The molecule has 28 heavy (non-hydrogen) atoms. The Morgan fingerprint density at radius 2 is 1.86 bits per heavy atom. The average molecular weight is 398 g/mol. The highest BCUT2D eigenvalue weighted by molar-refractivity contribution is 5.68. The van der Waals surface area contributed by atoms with Gasteiger partial charge in [0.05, 0.1) is 11.3 Å². The molecule has 0 atom stereocenters. The van der Waals surface area contributed by atoms with Gasteiger partial charge in [0.15, 0.2) is 0 Å². The van der Waals surface area contributed by atoms with Crippen LogP contribution < -0.4 is 16.2 Å². The minimum atomic E-state index is -4.60. The summed E-state index contributed by atoms with van der Waals surface area (Å²) < 4.78 is 45.3. The highest BCUT2D eigenvalue weighted by Crippen LogP contribution is 2.37. The third kappa shape index (κ3) is 6.29.